The summed E-state index contributed by atoms with van der Waals surface area (Å²) in [5, 5.41) is 10.8. The maximum Gasteiger partial charge on any atom is 0.330 e. The molecule has 9 nitrogen and oxygen atoms in total. The minimum atomic E-state index is -1.94. The van der Waals surface area contributed by atoms with Gasteiger partial charge in [0.15, 0.2) is 12.4 Å². The lowest BCUT2D eigenvalue weighted by Crippen LogP contribution is -2.39. The number of aliphatic hydroxyl groups excluding tert-OH is 1. The van der Waals surface area contributed by atoms with Crippen molar-refractivity contribution in [2.24, 2.45) is 0 Å². The zero-order valence-corrected chi connectivity index (χ0v) is 22.8. The average Bonchev–Trinajstić information content (AvgIpc) is 3.29. The van der Waals surface area contributed by atoms with E-state index in [0.29, 0.717) is 11.5 Å². The molecule has 0 bridgehead atoms. The normalized spacial score (nSPS) is 20.6. The van der Waals surface area contributed by atoms with Crippen LogP contribution < -0.4 is 20.7 Å². The number of aliphatic hydroxyl groups is 1. The molecule has 10 heteroatoms. The molecule has 1 fully saturated rings. The van der Waals surface area contributed by atoms with Crippen LogP contribution >= 0.6 is 0 Å². The number of alkyl halides is 1. The fraction of sp³-hybridized carbons (Fsp3) is 0.290. The number of ether oxygens (including phenoxy) is 4. The van der Waals surface area contributed by atoms with Gasteiger partial charge >= 0.3 is 5.69 Å². The summed E-state index contributed by atoms with van der Waals surface area (Å²) in [7, 11) is 3.16. The zero-order chi connectivity index (χ0) is 29.1. The van der Waals surface area contributed by atoms with Crippen LogP contribution in [-0.2, 0) is 15.1 Å². The lowest BCUT2D eigenvalue weighted by atomic mass is 9.80. The van der Waals surface area contributed by atoms with Gasteiger partial charge in [0.2, 0.25) is 0 Å². The predicted octanol–water partition coefficient (Wildman–Crippen LogP) is 3.47. The average molecular weight is 563 g/mol. The van der Waals surface area contributed by atoms with Crippen LogP contribution in [0.15, 0.2) is 94.6 Å². The van der Waals surface area contributed by atoms with Crippen molar-refractivity contribution in [2.45, 2.75) is 37.1 Å². The van der Waals surface area contributed by atoms with E-state index in [-0.39, 0.29) is 12.2 Å². The monoisotopic (exact) mass is 562 g/mol. The van der Waals surface area contributed by atoms with Gasteiger partial charge in [-0.15, -0.1) is 0 Å². The van der Waals surface area contributed by atoms with Crippen LogP contribution in [0.25, 0.3) is 0 Å². The summed E-state index contributed by atoms with van der Waals surface area (Å²) in [6.07, 6.45) is -4.90. The topological polar surface area (TPSA) is 112 Å². The molecular weight excluding hydrogens is 531 g/mol. The van der Waals surface area contributed by atoms with Crippen molar-refractivity contribution in [3.63, 3.8) is 0 Å². The molecule has 5 rings (SSSR count). The number of nitrogens with one attached hydrogen (secondary N) is 1. The molecule has 4 atom stereocenters. The van der Waals surface area contributed by atoms with Crippen LogP contribution in [0, 0.1) is 6.92 Å². The van der Waals surface area contributed by atoms with Gasteiger partial charge in [0.05, 0.1) is 20.8 Å². The smallest absolute Gasteiger partial charge is 0.330 e. The van der Waals surface area contributed by atoms with Crippen LogP contribution in [0.4, 0.5) is 4.39 Å². The lowest BCUT2D eigenvalue weighted by molar-refractivity contribution is -0.0950. The van der Waals surface area contributed by atoms with E-state index in [1.165, 1.54) is 13.1 Å². The maximum atomic E-state index is 15.4. The number of aromatic amines is 1. The maximum absolute atomic E-state index is 15.4. The van der Waals surface area contributed by atoms with Gasteiger partial charge in [-0.2, -0.15) is 0 Å². The second kappa shape index (κ2) is 11.7. The van der Waals surface area contributed by atoms with E-state index in [1.807, 2.05) is 78.9 Å². The predicted molar refractivity (Wildman–Crippen MR) is 149 cm³/mol. The van der Waals surface area contributed by atoms with E-state index >= 15 is 4.39 Å². The fourth-order valence-corrected chi connectivity index (χ4v) is 5.12. The van der Waals surface area contributed by atoms with E-state index < -0.39 is 41.5 Å². The molecule has 0 saturated carbocycles. The number of rotatable bonds is 9. The number of aryl methyl sites for hydroxylation is 1. The van der Waals surface area contributed by atoms with Crippen LogP contribution in [0.3, 0.4) is 0 Å². The summed E-state index contributed by atoms with van der Waals surface area (Å²) >= 11 is 0. The van der Waals surface area contributed by atoms with E-state index in [9.17, 15) is 14.7 Å². The van der Waals surface area contributed by atoms with Crippen molar-refractivity contribution in [1.82, 2.24) is 9.55 Å². The molecule has 0 aliphatic carbocycles. The molecule has 2 heterocycles. The van der Waals surface area contributed by atoms with E-state index in [1.54, 1.807) is 14.2 Å². The first-order valence-corrected chi connectivity index (χ1v) is 13.1. The Hall–Kier alpha value is -4.25. The first kappa shape index (κ1) is 28.3. The lowest BCUT2D eigenvalue weighted by Gasteiger charge is -2.37. The Morgan fingerprint density at radius 3 is 1.98 bits per heavy atom. The van der Waals surface area contributed by atoms with E-state index in [2.05, 4.69) is 4.98 Å². The molecule has 1 saturated heterocycles. The standard InChI is InChI=1S/C31H31FN2O7/c1-19-17-34(30(37)33-28(19)36)29-26(32)27(35)25(41-29)18-40-31(20-7-5-4-6-8-20,21-9-13-23(38-2)14-10-21)22-11-15-24(39-3)16-12-22/h4-17,25-27,29,35H,18H2,1-3H3,(H,33,36,37). The molecule has 0 radical (unpaired) electrons. The van der Waals surface area contributed by atoms with Crippen molar-refractivity contribution in [1.29, 1.82) is 0 Å². The molecule has 4 aromatic rings. The second-order valence-electron chi connectivity index (χ2n) is 9.79. The van der Waals surface area contributed by atoms with Gasteiger partial charge in [-0.05, 0) is 47.9 Å². The molecule has 1 aliphatic rings. The number of H-pyrrole nitrogens is 1. The summed E-state index contributed by atoms with van der Waals surface area (Å²) in [5.74, 6) is 1.31. The van der Waals surface area contributed by atoms with Crippen molar-refractivity contribution in [3.05, 3.63) is 128 Å². The summed E-state index contributed by atoms with van der Waals surface area (Å²) in [6.45, 7) is 1.26. The Morgan fingerprint density at radius 2 is 1.44 bits per heavy atom. The molecule has 0 spiro atoms. The van der Waals surface area contributed by atoms with Crippen LogP contribution in [0.1, 0.15) is 28.5 Å². The Kier molecular flexibility index (Phi) is 8.07. The van der Waals surface area contributed by atoms with Crippen molar-refractivity contribution in [2.75, 3.05) is 20.8 Å². The molecule has 41 heavy (non-hydrogen) atoms. The second-order valence-corrected chi connectivity index (χ2v) is 9.79. The molecule has 1 aliphatic heterocycles. The van der Waals surface area contributed by atoms with Gasteiger partial charge in [0.1, 0.15) is 29.3 Å². The van der Waals surface area contributed by atoms with Crippen molar-refractivity contribution >= 4 is 0 Å². The summed E-state index contributed by atoms with van der Waals surface area (Å²) in [4.78, 5) is 26.4. The fourth-order valence-electron chi connectivity index (χ4n) is 5.12. The summed E-state index contributed by atoms with van der Waals surface area (Å²) in [5.41, 5.74) is -0.131. The summed E-state index contributed by atoms with van der Waals surface area (Å²) in [6, 6.07) is 24.3. The quantitative estimate of drug-likeness (QED) is 0.301. The van der Waals surface area contributed by atoms with E-state index in [4.69, 9.17) is 18.9 Å². The van der Waals surface area contributed by atoms with Crippen molar-refractivity contribution in [3.8, 4) is 11.5 Å². The number of halogens is 1. The third-order valence-corrected chi connectivity index (χ3v) is 7.35. The first-order valence-electron chi connectivity index (χ1n) is 13.1. The largest absolute Gasteiger partial charge is 0.497 e. The molecule has 3 aromatic carbocycles. The van der Waals surface area contributed by atoms with Crippen LogP contribution in [0.2, 0.25) is 0 Å². The molecule has 2 N–H and O–H groups in total. The van der Waals surface area contributed by atoms with E-state index in [0.717, 1.165) is 21.3 Å². The molecule has 214 valence electrons. The van der Waals surface area contributed by atoms with Crippen LogP contribution in [0.5, 0.6) is 11.5 Å². The Labute approximate surface area is 235 Å². The Morgan fingerprint density at radius 1 is 0.902 bits per heavy atom. The third kappa shape index (κ3) is 5.29. The third-order valence-electron chi connectivity index (χ3n) is 7.35. The highest BCUT2D eigenvalue weighted by Crippen LogP contribution is 2.43. The minimum absolute atomic E-state index is 0.205. The number of aromatic nitrogens is 2. The highest BCUT2D eigenvalue weighted by atomic mass is 19.1. The van der Waals surface area contributed by atoms with Gasteiger partial charge < -0.3 is 24.1 Å². The first-order chi connectivity index (χ1) is 19.8. The minimum Gasteiger partial charge on any atom is -0.497 e. The summed E-state index contributed by atoms with van der Waals surface area (Å²) < 4.78 is 39.6. The molecular formula is C31H31FN2O7. The van der Waals surface area contributed by atoms with Gasteiger partial charge in [0.25, 0.3) is 5.56 Å². The Bertz CT molecular complexity index is 1540. The highest BCUT2D eigenvalue weighted by molar-refractivity contribution is 5.49. The number of hydrogen-bond donors (Lipinski definition) is 2. The molecule has 1 aromatic heterocycles. The van der Waals surface area contributed by atoms with Gasteiger partial charge in [-0.25, -0.2) is 9.18 Å². The van der Waals surface area contributed by atoms with Gasteiger partial charge in [-0.3, -0.25) is 14.3 Å². The number of benzene rings is 3. The zero-order valence-electron chi connectivity index (χ0n) is 22.8. The van der Waals surface area contributed by atoms with Crippen LogP contribution in [-0.4, -0.2) is 53.9 Å². The number of methoxy groups -OCH3 is 2. The SMILES string of the molecule is COc1ccc(C(OCC2OC(n3cc(C)c(=O)[nH]c3=O)C(F)C2O)(c2ccccc2)c2ccc(OC)cc2)cc1. The number of hydrogen-bond acceptors (Lipinski definition) is 7. The van der Waals surface area contributed by atoms with Crippen molar-refractivity contribution < 1.29 is 28.4 Å². The Balaban J connectivity index is 1.56. The van der Waals surface area contributed by atoms with Gasteiger partial charge in [-0.1, -0.05) is 54.6 Å². The number of nitrogens with zero attached hydrogens (tertiary/aromatic N) is 1. The highest BCUT2D eigenvalue weighted by Gasteiger charge is 2.47. The molecule has 0 amide bonds. The van der Waals surface area contributed by atoms with Gasteiger partial charge in [0, 0.05) is 11.8 Å². The molecule has 4 unspecified atom stereocenters.